The number of aryl methyl sites for hydroxylation is 1. The van der Waals surface area contributed by atoms with Gasteiger partial charge in [0, 0.05) is 15.6 Å². The lowest BCUT2D eigenvalue weighted by atomic mass is 10.1. The van der Waals surface area contributed by atoms with Crippen LogP contribution in [0.4, 0.5) is 4.39 Å². The third-order valence-electron chi connectivity index (χ3n) is 2.79. The van der Waals surface area contributed by atoms with Crippen LogP contribution >= 0.6 is 27.5 Å². The average molecular weight is 344 g/mol. The van der Waals surface area contributed by atoms with Crippen molar-refractivity contribution >= 4 is 27.5 Å². The van der Waals surface area contributed by atoms with Gasteiger partial charge in [-0.1, -0.05) is 34.1 Å². The Bertz CT molecular complexity index is 586. The van der Waals surface area contributed by atoms with Crippen LogP contribution in [0.5, 0.6) is 5.75 Å². The predicted octanol–water partition coefficient (Wildman–Crippen LogP) is 5.21. The van der Waals surface area contributed by atoms with Gasteiger partial charge in [-0.05, 0) is 30.7 Å². The van der Waals surface area contributed by atoms with Crippen LogP contribution in [0.2, 0.25) is 0 Å². The molecule has 2 aromatic carbocycles. The molecule has 0 fully saturated rings. The molecule has 4 heteroatoms. The first-order valence-corrected chi connectivity index (χ1v) is 7.15. The van der Waals surface area contributed by atoms with E-state index in [1.165, 1.54) is 6.07 Å². The highest BCUT2D eigenvalue weighted by Crippen LogP contribution is 2.30. The molecule has 1 nitrogen and oxygen atoms in total. The summed E-state index contributed by atoms with van der Waals surface area (Å²) in [5.41, 5.74) is 2.40. The maximum atomic E-state index is 13.5. The number of hydrogen-bond acceptors (Lipinski definition) is 1. The molecule has 0 amide bonds. The summed E-state index contributed by atoms with van der Waals surface area (Å²) in [6.45, 7) is 2.14. The van der Waals surface area contributed by atoms with E-state index in [0.29, 0.717) is 11.4 Å². The van der Waals surface area contributed by atoms with Crippen LogP contribution in [0, 0.1) is 12.7 Å². The van der Waals surface area contributed by atoms with Gasteiger partial charge in [-0.25, -0.2) is 4.39 Å². The lowest BCUT2D eigenvalue weighted by Crippen LogP contribution is -2.02. The van der Waals surface area contributed by atoms with E-state index < -0.39 is 0 Å². The molecule has 0 N–H and O–H groups in total. The zero-order chi connectivity index (χ0) is 13.8. The van der Waals surface area contributed by atoms with Crippen LogP contribution in [0.15, 0.2) is 40.9 Å². The predicted molar refractivity (Wildman–Crippen MR) is 79.2 cm³/mol. The minimum absolute atomic E-state index is 0.193. The van der Waals surface area contributed by atoms with Crippen LogP contribution in [0.1, 0.15) is 16.7 Å². The van der Waals surface area contributed by atoms with Crippen molar-refractivity contribution in [2.45, 2.75) is 19.4 Å². The molecule has 0 radical (unpaired) electrons. The van der Waals surface area contributed by atoms with E-state index in [2.05, 4.69) is 15.9 Å². The number of rotatable bonds is 4. The summed E-state index contributed by atoms with van der Waals surface area (Å²) in [5.74, 6) is 0.818. The minimum Gasteiger partial charge on any atom is -0.488 e. The quantitative estimate of drug-likeness (QED) is 0.692. The minimum atomic E-state index is -0.260. The Balaban J connectivity index is 2.22. The van der Waals surface area contributed by atoms with Crippen LogP contribution in [0.3, 0.4) is 0 Å². The zero-order valence-electron chi connectivity index (χ0n) is 10.4. The normalized spacial score (nSPS) is 10.5. The lowest BCUT2D eigenvalue weighted by Gasteiger charge is -2.14. The first-order chi connectivity index (χ1) is 9.11. The molecule has 100 valence electrons. The Kier molecular flexibility index (Phi) is 4.83. The number of benzene rings is 2. The summed E-state index contributed by atoms with van der Waals surface area (Å²) in [6.07, 6.45) is 0. The Morgan fingerprint density at radius 2 is 1.95 bits per heavy atom. The molecule has 0 aliphatic heterocycles. The van der Waals surface area contributed by atoms with Crippen molar-refractivity contribution < 1.29 is 9.13 Å². The Morgan fingerprint density at radius 1 is 1.21 bits per heavy atom. The molecule has 19 heavy (non-hydrogen) atoms. The molecule has 0 aliphatic rings. The topological polar surface area (TPSA) is 9.23 Å². The van der Waals surface area contributed by atoms with Crippen molar-refractivity contribution in [2.24, 2.45) is 0 Å². The summed E-state index contributed by atoms with van der Waals surface area (Å²) in [4.78, 5) is 0. The van der Waals surface area contributed by atoms with E-state index in [4.69, 9.17) is 16.3 Å². The molecule has 2 aromatic rings. The molecular weight excluding hydrogens is 331 g/mol. The van der Waals surface area contributed by atoms with Crippen LogP contribution in [-0.4, -0.2) is 0 Å². The van der Waals surface area contributed by atoms with Gasteiger partial charge < -0.3 is 4.74 Å². The fourth-order valence-electron chi connectivity index (χ4n) is 1.87. The van der Waals surface area contributed by atoms with E-state index in [0.717, 1.165) is 21.3 Å². The average Bonchev–Trinajstić information content (AvgIpc) is 2.38. The molecule has 0 atom stereocenters. The Morgan fingerprint density at radius 3 is 2.63 bits per heavy atom. The summed E-state index contributed by atoms with van der Waals surface area (Å²) in [7, 11) is 0. The van der Waals surface area contributed by atoms with E-state index in [1.807, 2.05) is 19.1 Å². The molecule has 2 rings (SSSR count). The van der Waals surface area contributed by atoms with Crippen LogP contribution in [-0.2, 0) is 12.5 Å². The number of alkyl halides is 1. The van der Waals surface area contributed by atoms with Gasteiger partial charge in [0.2, 0.25) is 0 Å². The summed E-state index contributed by atoms with van der Waals surface area (Å²) in [5, 5.41) is 0. The molecule has 0 saturated heterocycles. The molecular formula is C15H13BrClFO. The number of halogens is 3. The van der Waals surface area contributed by atoms with Crippen molar-refractivity contribution in [3.05, 3.63) is 63.4 Å². The first-order valence-electron chi connectivity index (χ1n) is 5.83. The van der Waals surface area contributed by atoms with Crippen molar-refractivity contribution in [3.8, 4) is 5.75 Å². The molecule has 0 bridgehead atoms. The largest absolute Gasteiger partial charge is 0.488 e. The second-order valence-corrected chi connectivity index (χ2v) is 5.41. The van der Waals surface area contributed by atoms with Crippen LogP contribution < -0.4 is 4.74 Å². The van der Waals surface area contributed by atoms with Gasteiger partial charge in [0.05, 0.1) is 5.88 Å². The van der Waals surface area contributed by atoms with E-state index in [-0.39, 0.29) is 12.4 Å². The number of ether oxygens (including phenoxy) is 1. The summed E-state index contributed by atoms with van der Waals surface area (Å²) < 4.78 is 20.2. The summed E-state index contributed by atoms with van der Waals surface area (Å²) in [6, 6.07) is 10.5. The third kappa shape index (κ3) is 3.48. The number of hydrogen-bond donors (Lipinski definition) is 0. The monoisotopic (exact) mass is 342 g/mol. The Labute approximate surface area is 125 Å². The lowest BCUT2D eigenvalue weighted by molar-refractivity contribution is 0.295. The zero-order valence-corrected chi connectivity index (χ0v) is 12.8. The second-order valence-electron chi connectivity index (χ2n) is 4.22. The molecule has 0 aromatic heterocycles. The fourth-order valence-corrected chi connectivity index (χ4v) is 2.69. The Hall–Kier alpha value is -1.06. The van der Waals surface area contributed by atoms with Crippen LogP contribution in [0.25, 0.3) is 0 Å². The molecule has 0 aliphatic carbocycles. The highest BCUT2D eigenvalue weighted by atomic mass is 79.9. The van der Waals surface area contributed by atoms with Crippen molar-refractivity contribution in [1.82, 2.24) is 0 Å². The molecule has 0 saturated carbocycles. The maximum Gasteiger partial charge on any atom is 0.129 e. The van der Waals surface area contributed by atoms with Gasteiger partial charge in [0.15, 0.2) is 0 Å². The van der Waals surface area contributed by atoms with Gasteiger partial charge in [-0.3, -0.25) is 0 Å². The molecule has 0 heterocycles. The maximum absolute atomic E-state index is 13.5. The van der Waals surface area contributed by atoms with Crippen molar-refractivity contribution in [2.75, 3.05) is 0 Å². The first kappa shape index (κ1) is 14.4. The SMILES string of the molecule is Cc1cc(Br)cc(CCl)c1OCc1ccccc1F. The highest BCUT2D eigenvalue weighted by Gasteiger charge is 2.10. The highest BCUT2D eigenvalue weighted by molar-refractivity contribution is 9.10. The second kappa shape index (κ2) is 6.40. The van der Waals surface area contributed by atoms with Gasteiger partial charge in [-0.15, -0.1) is 11.6 Å². The van der Waals surface area contributed by atoms with E-state index in [9.17, 15) is 4.39 Å². The van der Waals surface area contributed by atoms with E-state index >= 15 is 0 Å². The van der Waals surface area contributed by atoms with E-state index in [1.54, 1.807) is 18.2 Å². The van der Waals surface area contributed by atoms with Gasteiger partial charge >= 0.3 is 0 Å². The molecule has 0 spiro atoms. The smallest absolute Gasteiger partial charge is 0.129 e. The van der Waals surface area contributed by atoms with Gasteiger partial charge in [0.25, 0.3) is 0 Å². The third-order valence-corrected chi connectivity index (χ3v) is 3.54. The standard InChI is InChI=1S/C15H13BrClFO/c1-10-6-13(16)7-12(8-17)15(10)19-9-11-4-2-3-5-14(11)18/h2-7H,8-9H2,1H3. The van der Waals surface area contributed by atoms with Gasteiger partial charge in [0.1, 0.15) is 18.2 Å². The van der Waals surface area contributed by atoms with Crippen molar-refractivity contribution in [1.29, 1.82) is 0 Å². The molecule has 0 unspecified atom stereocenters. The summed E-state index contributed by atoms with van der Waals surface area (Å²) >= 11 is 9.34. The fraction of sp³-hybridized carbons (Fsp3) is 0.200. The van der Waals surface area contributed by atoms with Crippen molar-refractivity contribution in [3.63, 3.8) is 0 Å². The van der Waals surface area contributed by atoms with Gasteiger partial charge in [-0.2, -0.15) is 0 Å².